The molecule has 1 amide bonds. The lowest BCUT2D eigenvalue weighted by molar-refractivity contribution is -0.132. The number of halogens is 1. The highest BCUT2D eigenvalue weighted by Crippen LogP contribution is 2.35. The van der Waals surface area contributed by atoms with Crippen LogP contribution >= 0.6 is 11.3 Å². The third-order valence-corrected chi connectivity index (χ3v) is 8.08. The van der Waals surface area contributed by atoms with Crippen LogP contribution in [0.15, 0.2) is 48.0 Å². The second-order valence-electron chi connectivity index (χ2n) is 9.52. The number of nitrogens with zero attached hydrogens (tertiary/aromatic N) is 5. The number of nitrogens with one attached hydrogen (secondary N) is 1. The molecule has 0 aliphatic carbocycles. The molecule has 1 aromatic carbocycles. The van der Waals surface area contributed by atoms with Crippen molar-refractivity contribution >= 4 is 33.8 Å². The number of carbonyl (C=O) groups is 1. The third kappa shape index (κ3) is 5.24. The number of thiazole rings is 1. The van der Waals surface area contributed by atoms with Gasteiger partial charge in [-0.25, -0.2) is 14.4 Å². The SMILES string of the molecule is CCc1nc2ccc(C3CCN(C(=O)CCNC)CC3)cn2c1N(C)c1nc(-c2ccc(F)cc2)cs1. The molecule has 194 valence electrons. The first kappa shape index (κ1) is 25.4. The fourth-order valence-electron chi connectivity index (χ4n) is 5.05. The molecule has 1 saturated heterocycles. The molecule has 1 fully saturated rings. The summed E-state index contributed by atoms with van der Waals surface area (Å²) in [6, 6.07) is 10.7. The molecule has 0 spiro atoms. The van der Waals surface area contributed by atoms with E-state index in [1.165, 1.54) is 17.7 Å². The Kier molecular flexibility index (Phi) is 7.53. The van der Waals surface area contributed by atoms with Gasteiger partial charge in [-0.2, -0.15) is 0 Å². The van der Waals surface area contributed by atoms with E-state index < -0.39 is 0 Å². The van der Waals surface area contributed by atoms with Crippen LogP contribution in [0.4, 0.5) is 15.3 Å². The molecular weight excluding hydrogens is 487 g/mol. The molecule has 5 rings (SSSR count). The molecule has 0 saturated carbocycles. The van der Waals surface area contributed by atoms with E-state index in [4.69, 9.17) is 9.97 Å². The smallest absolute Gasteiger partial charge is 0.223 e. The maximum atomic E-state index is 13.4. The van der Waals surface area contributed by atoms with Crippen molar-refractivity contribution in [2.24, 2.45) is 0 Å². The number of likely N-dealkylation sites (tertiary alicyclic amines) is 1. The first-order chi connectivity index (χ1) is 18.0. The Labute approximate surface area is 221 Å². The van der Waals surface area contributed by atoms with E-state index in [9.17, 15) is 9.18 Å². The Morgan fingerprint density at radius 2 is 1.92 bits per heavy atom. The van der Waals surface area contributed by atoms with Gasteiger partial charge >= 0.3 is 0 Å². The summed E-state index contributed by atoms with van der Waals surface area (Å²) in [6.07, 6.45) is 5.50. The van der Waals surface area contributed by atoms with Crippen LogP contribution < -0.4 is 10.2 Å². The van der Waals surface area contributed by atoms with Gasteiger partial charge in [0.05, 0.1) is 11.4 Å². The summed E-state index contributed by atoms with van der Waals surface area (Å²) in [6.45, 7) is 4.43. The highest BCUT2D eigenvalue weighted by molar-refractivity contribution is 7.14. The van der Waals surface area contributed by atoms with Gasteiger partial charge in [-0.05, 0) is 68.1 Å². The van der Waals surface area contributed by atoms with E-state index in [0.29, 0.717) is 12.3 Å². The van der Waals surface area contributed by atoms with Crippen molar-refractivity contribution in [2.45, 2.75) is 38.5 Å². The maximum absolute atomic E-state index is 13.4. The largest absolute Gasteiger partial charge is 0.343 e. The van der Waals surface area contributed by atoms with E-state index in [1.54, 1.807) is 23.5 Å². The quantitative estimate of drug-likeness (QED) is 0.344. The number of aryl methyl sites for hydroxylation is 1. The van der Waals surface area contributed by atoms with Gasteiger partial charge in [0.25, 0.3) is 0 Å². The van der Waals surface area contributed by atoms with E-state index in [1.807, 2.05) is 24.4 Å². The van der Waals surface area contributed by atoms with Crippen molar-refractivity contribution in [2.75, 3.05) is 38.6 Å². The molecule has 4 heterocycles. The van der Waals surface area contributed by atoms with Crippen LogP contribution in [-0.2, 0) is 11.2 Å². The molecule has 1 N–H and O–H groups in total. The van der Waals surface area contributed by atoms with Crippen molar-refractivity contribution < 1.29 is 9.18 Å². The Balaban J connectivity index is 1.39. The number of pyridine rings is 1. The second-order valence-corrected chi connectivity index (χ2v) is 10.4. The normalized spacial score (nSPS) is 14.4. The highest BCUT2D eigenvalue weighted by atomic mass is 32.1. The van der Waals surface area contributed by atoms with Crippen LogP contribution in [-0.4, -0.2) is 58.9 Å². The zero-order chi connectivity index (χ0) is 25.9. The second kappa shape index (κ2) is 11.0. The Morgan fingerprint density at radius 1 is 1.16 bits per heavy atom. The van der Waals surface area contributed by atoms with Gasteiger partial charge in [-0.15, -0.1) is 11.3 Å². The van der Waals surface area contributed by atoms with Crippen molar-refractivity contribution in [3.8, 4) is 11.3 Å². The number of amides is 1. The molecule has 0 unspecified atom stereocenters. The lowest BCUT2D eigenvalue weighted by atomic mass is 9.90. The number of fused-ring (bicyclic) bond motifs is 1. The first-order valence-electron chi connectivity index (χ1n) is 12.9. The van der Waals surface area contributed by atoms with Crippen LogP contribution in [0.25, 0.3) is 16.9 Å². The summed E-state index contributed by atoms with van der Waals surface area (Å²) in [5.41, 5.74) is 4.93. The number of aromatic nitrogens is 3. The van der Waals surface area contributed by atoms with Crippen molar-refractivity contribution in [1.82, 2.24) is 24.6 Å². The fourth-order valence-corrected chi connectivity index (χ4v) is 5.85. The minimum absolute atomic E-state index is 0.234. The van der Waals surface area contributed by atoms with Crippen LogP contribution in [0.3, 0.4) is 0 Å². The number of hydrogen-bond donors (Lipinski definition) is 1. The zero-order valence-corrected chi connectivity index (χ0v) is 22.4. The number of rotatable bonds is 8. The number of hydrogen-bond acceptors (Lipinski definition) is 6. The standard InChI is InChI=1S/C28H33FN6OS/c1-4-23-27(33(3)28-32-24(18-37-28)20-5-8-22(29)9-6-20)35-17-21(7-10-25(35)31-23)19-12-15-34(16-13-19)26(36)11-14-30-2/h5-10,17-19,30H,4,11-16H2,1-3H3. The van der Waals surface area contributed by atoms with Gasteiger partial charge in [0.1, 0.15) is 17.3 Å². The van der Waals surface area contributed by atoms with E-state index >= 15 is 0 Å². The molecule has 1 aliphatic heterocycles. The summed E-state index contributed by atoms with van der Waals surface area (Å²) in [4.78, 5) is 26.3. The average molecular weight is 521 g/mol. The molecule has 0 radical (unpaired) electrons. The Morgan fingerprint density at radius 3 is 2.62 bits per heavy atom. The monoisotopic (exact) mass is 520 g/mol. The molecule has 0 atom stereocenters. The van der Waals surface area contributed by atoms with Crippen molar-refractivity contribution in [3.05, 3.63) is 65.0 Å². The number of piperidine rings is 1. The van der Waals surface area contributed by atoms with Gasteiger partial charge in [0.15, 0.2) is 5.13 Å². The van der Waals surface area contributed by atoms with Gasteiger partial charge in [0, 0.05) is 50.2 Å². The van der Waals surface area contributed by atoms with Crippen molar-refractivity contribution in [1.29, 1.82) is 0 Å². The average Bonchev–Trinajstić information content (AvgIpc) is 3.57. The van der Waals surface area contributed by atoms with Crippen LogP contribution in [0.2, 0.25) is 0 Å². The van der Waals surface area contributed by atoms with E-state index in [2.05, 4.69) is 39.9 Å². The van der Waals surface area contributed by atoms with Crippen molar-refractivity contribution in [3.63, 3.8) is 0 Å². The minimum Gasteiger partial charge on any atom is -0.343 e. The Hall–Kier alpha value is -3.30. The summed E-state index contributed by atoms with van der Waals surface area (Å²) < 4.78 is 15.5. The number of anilines is 2. The summed E-state index contributed by atoms with van der Waals surface area (Å²) in [5.74, 6) is 1.40. The lowest BCUT2D eigenvalue weighted by Gasteiger charge is -2.32. The van der Waals surface area contributed by atoms with Crippen LogP contribution in [0.5, 0.6) is 0 Å². The fraction of sp³-hybridized carbons (Fsp3) is 0.393. The topological polar surface area (TPSA) is 65.8 Å². The van der Waals surface area contributed by atoms with Gasteiger partial charge < -0.3 is 15.1 Å². The molecule has 1 aliphatic rings. The molecule has 0 bridgehead atoms. The molecule has 37 heavy (non-hydrogen) atoms. The van der Waals surface area contributed by atoms with Gasteiger partial charge in [-0.3, -0.25) is 9.20 Å². The number of benzene rings is 1. The molecule has 3 aromatic heterocycles. The van der Waals surface area contributed by atoms with Gasteiger partial charge in [0.2, 0.25) is 5.91 Å². The number of carbonyl (C=O) groups excluding carboxylic acids is 1. The number of imidazole rings is 1. The maximum Gasteiger partial charge on any atom is 0.223 e. The predicted molar refractivity (Wildman–Crippen MR) is 147 cm³/mol. The first-order valence-corrected chi connectivity index (χ1v) is 13.7. The summed E-state index contributed by atoms with van der Waals surface area (Å²) in [7, 11) is 3.90. The summed E-state index contributed by atoms with van der Waals surface area (Å²) >= 11 is 1.56. The third-order valence-electron chi connectivity index (χ3n) is 7.17. The molecule has 7 nitrogen and oxygen atoms in total. The van der Waals surface area contributed by atoms with E-state index in [0.717, 1.165) is 72.4 Å². The highest BCUT2D eigenvalue weighted by Gasteiger charge is 2.25. The van der Waals surface area contributed by atoms with E-state index in [-0.39, 0.29) is 11.7 Å². The molecule has 4 aromatic rings. The van der Waals surface area contributed by atoms with Crippen LogP contribution in [0, 0.1) is 5.82 Å². The summed E-state index contributed by atoms with van der Waals surface area (Å²) in [5, 5.41) is 5.92. The molecular formula is C28H33FN6OS. The van der Waals surface area contributed by atoms with Crippen LogP contribution in [0.1, 0.15) is 43.4 Å². The Bertz CT molecular complexity index is 1370. The zero-order valence-electron chi connectivity index (χ0n) is 21.6. The predicted octanol–water partition coefficient (Wildman–Crippen LogP) is 5.24. The lowest BCUT2D eigenvalue weighted by Crippen LogP contribution is -2.38. The van der Waals surface area contributed by atoms with Gasteiger partial charge in [-0.1, -0.05) is 13.0 Å². The molecule has 9 heteroatoms. The minimum atomic E-state index is -0.253.